The first-order chi connectivity index (χ1) is 9.10. The highest BCUT2D eigenvalue weighted by Crippen LogP contribution is 2.29. The van der Waals surface area contributed by atoms with Crippen LogP contribution in [-0.2, 0) is 0 Å². The summed E-state index contributed by atoms with van der Waals surface area (Å²) >= 11 is 3.63. The quantitative estimate of drug-likeness (QED) is 0.770. The van der Waals surface area contributed by atoms with Crippen LogP contribution in [0.15, 0.2) is 46.9 Å². The molecule has 1 unspecified atom stereocenters. The van der Waals surface area contributed by atoms with Gasteiger partial charge >= 0.3 is 0 Å². The minimum atomic E-state index is 0.347. The monoisotopic (exact) mass is 317 g/mol. The predicted octanol–water partition coefficient (Wildman–Crippen LogP) is 5.63. The molecule has 0 heterocycles. The number of anilines is 1. The minimum absolute atomic E-state index is 0.347. The van der Waals surface area contributed by atoms with Crippen LogP contribution < -0.4 is 5.32 Å². The van der Waals surface area contributed by atoms with Gasteiger partial charge in [-0.1, -0.05) is 42.8 Å². The van der Waals surface area contributed by atoms with E-state index in [1.54, 1.807) is 0 Å². The minimum Gasteiger partial charge on any atom is -0.377 e. The Bertz CT molecular complexity index is 546. The Labute approximate surface area is 124 Å². The summed E-state index contributed by atoms with van der Waals surface area (Å²) < 4.78 is 1.12. The molecular weight excluding hydrogens is 298 g/mol. The molecule has 1 N–H and O–H groups in total. The summed E-state index contributed by atoms with van der Waals surface area (Å²) in [6.45, 7) is 6.43. The van der Waals surface area contributed by atoms with Crippen LogP contribution in [0.1, 0.15) is 36.1 Å². The summed E-state index contributed by atoms with van der Waals surface area (Å²) in [6, 6.07) is 15.5. The van der Waals surface area contributed by atoms with Crippen molar-refractivity contribution in [3.8, 4) is 0 Å². The van der Waals surface area contributed by atoms with Gasteiger partial charge in [-0.3, -0.25) is 0 Å². The van der Waals surface area contributed by atoms with E-state index < -0.39 is 0 Å². The summed E-state index contributed by atoms with van der Waals surface area (Å²) in [5.74, 6) is 0. The van der Waals surface area contributed by atoms with Crippen molar-refractivity contribution in [1.82, 2.24) is 0 Å². The van der Waals surface area contributed by atoms with E-state index in [9.17, 15) is 0 Å². The third kappa shape index (κ3) is 3.60. The molecule has 0 aliphatic rings. The van der Waals surface area contributed by atoms with Gasteiger partial charge in [0.1, 0.15) is 0 Å². The van der Waals surface area contributed by atoms with Gasteiger partial charge in [0.15, 0.2) is 0 Å². The first kappa shape index (κ1) is 14.1. The smallest absolute Gasteiger partial charge is 0.0511 e. The Balaban J connectivity index is 2.21. The van der Waals surface area contributed by atoms with Crippen LogP contribution in [0.5, 0.6) is 0 Å². The van der Waals surface area contributed by atoms with Gasteiger partial charge in [0.05, 0.1) is 6.04 Å². The number of rotatable bonds is 4. The highest BCUT2D eigenvalue weighted by atomic mass is 79.9. The van der Waals surface area contributed by atoms with E-state index in [1.165, 1.54) is 16.7 Å². The Kier molecular flexibility index (Phi) is 4.65. The molecule has 0 bridgehead atoms. The molecule has 100 valence electrons. The van der Waals surface area contributed by atoms with Gasteiger partial charge in [0, 0.05) is 10.2 Å². The largest absolute Gasteiger partial charge is 0.377 e. The van der Waals surface area contributed by atoms with Crippen LogP contribution in [0, 0.1) is 13.8 Å². The highest BCUT2D eigenvalue weighted by molar-refractivity contribution is 9.10. The zero-order valence-corrected chi connectivity index (χ0v) is 13.3. The fourth-order valence-electron chi connectivity index (χ4n) is 2.14. The molecule has 0 amide bonds. The number of benzene rings is 2. The fraction of sp³-hybridized carbons (Fsp3) is 0.294. The van der Waals surface area contributed by atoms with Gasteiger partial charge in [0.25, 0.3) is 0 Å². The molecule has 0 aliphatic heterocycles. The van der Waals surface area contributed by atoms with Crippen molar-refractivity contribution >= 4 is 21.6 Å². The summed E-state index contributed by atoms with van der Waals surface area (Å²) in [6.07, 6.45) is 1.06. The van der Waals surface area contributed by atoms with Crippen molar-refractivity contribution < 1.29 is 0 Å². The fourth-order valence-corrected chi connectivity index (χ4v) is 2.75. The molecule has 0 radical (unpaired) electrons. The lowest BCUT2D eigenvalue weighted by molar-refractivity contribution is 0.748. The Hall–Kier alpha value is -1.28. The lowest BCUT2D eigenvalue weighted by Gasteiger charge is -2.20. The van der Waals surface area contributed by atoms with Crippen LogP contribution in [-0.4, -0.2) is 0 Å². The van der Waals surface area contributed by atoms with Crippen molar-refractivity contribution in [1.29, 1.82) is 0 Å². The molecule has 2 heteroatoms. The van der Waals surface area contributed by atoms with Crippen LogP contribution in [0.4, 0.5) is 5.69 Å². The second-order valence-corrected chi connectivity index (χ2v) is 5.85. The third-order valence-corrected chi connectivity index (χ3v) is 4.00. The second kappa shape index (κ2) is 6.25. The van der Waals surface area contributed by atoms with Crippen molar-refractivity contribution in [2.24, 2.45) is 0 Å². The van der Waals surface area contributed by atoms with Crippen LogP contribution in [0.2, 0.25) is 0 Å². The van der Waals surface area contributed by atoms with Crippen molar-refractivity contribution in [3.05, 3.63) is 63.6 Å². The molecule has 0 saturated heterocycles. The van der Waals surface area contributed by atoms with Gasteiger partial charge in [-0.05, 0) is 59.5 Å². The van der Waals surface area contributed by atoms with Crippen molar-refractivity contribution in [2.45, 2.75) is 33.2 Å². The summed E-state index contributed by atoms with van der Waals surface area (Å²) in [4.78, 5) is 0. The van der Waals surface area contributed by atoms with E-state index in [-0.39, 0.29) is 0 Å². The van der Waals surface area contributed by atoms with Gasteiger partial charge < -0.3 is 5.32 Å². The zero-order valence-electron chi connectivity index (χ0n) is 11.7. The summed E-state index contributed by atoms with van der Waals surface area (Å²) in [5.41, 5.74) is 5.05. The van der Waals surface area contributed by atoms with E-state index >= 15 is 0 Å². The van der Waals surface area contributed by atoms with Gasteiger partial charge in [0.2, 0.25) is 0 Å². The number of nitrogens with one attached hydrogen (secondary N) is 1. The number of halogens is 1. The molecule has 2 rings (SSSR count). The second-order valence-electron chi connectivity index (χ2n) is 5.00. The topological polar surface area (TPSA) is 12.0 Å². The molecule has 19 heavy (non-hydrogen) atoms. The Morgan fingerprint density at radius 2 is 1.63 bits per heavy atom. The molecule has 0 saturated carbocycles. The first-order valence-electron chi connectivity index (χ1n) is 6.69. The molecular formula is C17H20BrN. The van der Waals surface area contributed by atoms with Gasteiger partial charge in [-0.15, -0.1) is 0 Å². The normalized spacial score (nSPS) is 12.2. The van der Waals surface area contributed by atoms with E-state index in [4.69, 9.17) is 0 Å². The average Bonchev–Trinajstić information content (AvgIpc) is 2.39. The molecule has 1 atom stereocenters. The van der Waals surface area contributed by atoms with Crippen LogP contribution >= 0.6 is 15.9 Å². The number of hydrogen-bond donors (Lipinski definition) is 1. The molecule has 0 aromatic heterocycles. The lowest BCUT2D eigenvalue weighted by Crippen LogP contribution is -2.10. The maximum Gasteiger partial charge on any atom is 0.0511 e. The first-order valence-corrected chi connectivity index (χ1v) is 7.48. The van der Waals surface area contributed by atoms with E-state index in [1.807, 2.05) is 0 Å². The average molecular weight is 318 g/mol. The molecule has 0 fully saturated rings. The Morgan fingerprint density at radius 1 is 1.00 bits per heavy atom. The Morgan fingerprint density at radius 3 is 2.21 bits per heavy atom. The van der Waals surface area contributed by atoms with Gasteiger partial charge in [-0.2, -0.15) is 0 Å². The molecule has 2 aromatic rings. The van der Waals surface area contributed by atoms with Crippen molar-refractivity contribution in [3.63, 3.8) is 0 Å². The number of aryl methyl sites for hydroxylation is 2. The van der Waals surface area contributed by atoms with Crippen LogP contribution in [0.3, 0.4) is 0 Å². The predicted molar refractivity (Wildman–Crippen MR) is 86.7 cm³/mol. The van der Waals surface area contributed by atoms with Gasteiger partial charge in [-0.25, -0.2) is 0 Å². The molecule has 1 nitrogen and oxygen atoms in total. The zero-order chi connectivity index (χ0) is 13.8. The standard InChI is InChI=1S/C17H20BrN/c1-4-16(14-8-5-12(2)6-9-14)19-17-10-7-13(3)11-15(17)18/h5-11,16,19H,4H2,1-3H3. The molecule has 2 aromatic carbocycles. The molecule has 0 spiro atoms. The number of hydrogen-bond acceptors (Lipinski definition) is 1. The van der Waals surface area contributed by atoms with Crippen molar-refractivity contribution in [2.75, 3.05) is 5.32 Å². The van der Waals surface area contributed by atoms with E-state index in [0.717, 1.165) is 16.6 Å². The van der Waals surface area contributed by atoms with Crippen LogP contribution in [0.25, 0.3) is 0 Å². The maximum absolute atomic E-state index is 3.63. The maximum atomic E-state index is 3.63. The SMILES string of the molecule is CCC(Nc1ccc(C)cc1Br)c1ccc(C)cc1. The summed E-state index contributed by atoms with van der Waals surface area (Å²) in [5, 5.41) is 3.61. The lowest BCUT2D eigenvalue weighted by atomic mass is 10.0. The highest BCUT2D eigenvalue weighted by Gasteiger charge is 2.10. The molecule has 0 aliphatic carbocycles. The van der Waals surface area contributed by atoms with E-state index in [2.05, 4.69) is 84.5 Å². The van der Waals surface area contributed by atoms with E-state index in [0.29, 0.717) is 6.04 Å². The third-order valence-electron chi connectivity index (χ3n) is 3.34. The summed E-state index contributed by atoms with van der Waals surface area (Å²) in [7, 11) is 0.